The number of halogens is 3. The van der Waals surface area contributed by atoms with E-state index in [1.54, 1.807) is 24.3 Å². The van der Waals surface area contributed by atoms with E-state index in [1.807, 2.05) is 6.07 Å². The summed E-state index contributed by atoms with van der Waals surface area (Å²) in [6.07, 6.45) is -3.28. The van der Waals surface area contributed by atoms with Crippen molar-refractivity contribution in [2.75, 3.05) is 0 Å². The Hall–Kier alpha value is -3.21. The van der Waals surface area contributed by atoms with Crippen LogP contribution in [0.15, 0.2) is 42.6 Å². The molecule has 8 heteroatoms. The molecule has 2 heterocycles. The highest BCUT2D eigenvalue weighted by Crippen LogP contribution is 2.29. The number of aromatic amines is 1. The summed E-state index contributed by atoms with van der Waals surface area (Å²) in [5.74, 6) is 0. The molecular weight excluding hydrogens is 307 g/mol. The standard InChI is InChI=1S/C15H8F3N5/c16-15(17,18)13-6-5-11(8-20-13)9-1-3-10(4-2-9)14-12(7-19)21-23-22-14/h1-6,8H,(H,21,22,23). The number of hydrogen-bond acceptors (Lipinski definition) is 4. The molecule has 0 amide bonds. The maximum absolute atomic E-state index is 12.5. The van der Waals surface area contributed by atoms with Crippen LogP contribution in [-0.2, 0) is 6.18 Å². The number of nitrogens with zero attached hydrogens (tertiary/aromatic N) is 4. The van der Waals surface area contributed by atoms with Crippen LogP contribution >= 0.6 is 0 Å². The zero-order valence-electron chi connectivity index (χ0n) is 11.5. The lowest BCUT2D eigenvalue weighted by Gasteiger charge is -2.07. The molecule has 3 aromatic rings. The molecular formula is C15H8F3N5. The highest BCUT2D eigenvalue weighted by atomic mass is 19.4. The molecule has 0 aliphatic heterocycles. The first-order valence-electron chi connectivity index (χ1n) is 6.44. The van der Waals surface area contributed by atoms with Crippen molar-refractivity contribution in [3.05, 3.63) is 54.0 Å². The summed E-state index contributed by atoms with van der Waals surface area (Å²) >= 11 is 0. The van der Waals surface area contributed by atoms with Crippen molar-refractivity contribution in [2.45, 2.75) is 6.18 Å². The Bertz CT molecular complexity index is 858. The van der Waals surface area contributed by atoms with E-state index < -0.39 is 11.9 Å². The SMILES string of the molecule is N#Cc1[nH]nnc1-c1ccc(-c2ccc(C(F)(F)F)nc2)cc1. The van der Waals surface area contributed by atoms with Crippen molar-refractivity contribution < 1.29 is 13.2 Å². The second-order valence-corrected chi connectivity index (χ2v) is 4.65. The van der Waals surface area contributed by atoms with Crippen molar-refractivity contribution in [2.24, 2.45) is 0 Å². The van der Waals surface area contributed by atoms with Crippen molar-refractivity contribution >= 4 is 0 Å². The van der Waals surface area contributed by atoms with Crippen molar-refractivity contribution in [1.82, 2.24) is 20.4 Å². The van der Waals surface area contributed by atoms with Crippen LogP contribution in [0.4, 0.5) is 13.2 Å². The zero-order valence-corrected chi connectivity index (χ0v) is 11.5. The fraction of sp³-hybridized carbons (Fsp3) is 0.0667. The van der Waals surface area contributed by atoms with Gasteiger partial charge in [-0.2, -0.15) is 18.4 Å². The molecule has 0 saturated carbocycles. The number of aromatic nitrogens is 4. The number of rotatable bonds is 2. The number of alkyl halides is 3. The number of pyridine rings is 1. The van der Waals surface area contributed by atoms with Gasteiger partial charge in [-0.3, -0.25) is 4.98 Å². The molecule has 2 aromatic heterocycles. The molecule has 1 aromatic carbocycles. The Morgan fingerprint density at radius 3 is 2.17 bits per heavy atom. The molecule has 0 spiro atoms. The summed E-state index contributed by atoms with van der Waals surface area (Å²) in [6.45, 7) is 0. The van der Waals surface area contributed by atoms with Gasteiger partial charge in [0, 0.05) is 17.3 Å². The van der Waals surface area contributed by atoms with Crippen LogP contribution in [0.5, 0.6) is 0 Å². The van der Waals surface area contributed by atoms with Gasteiger partial charge in [0.05, 0.1) is 0 Å². The number of nitriles is 1. The minimum atomic E-state index is -4.46. The van der Waals surface area contributed by atoms with Gasteiger partial charge in [0.1, 0.15) is 17.5 Å². The third kappa shape index (κ3) is 2.89. The summed E-state index contributed by atoms with van der Waals surface area (Å²) < 4.78 is 37.5. The lowest BCUT2D eigenvalue weighted by Crippen LogP contribution is -2.07. The minimum Gasteiger partial charge on any atom is -0.251 e. The summed E-state index contributed by atoms with van der Waals surface area (Å²) in [5, 5.41) is 18.8. The third-order valence-electron chi connectivity index (χ3n) is 3.21. The summed E-state index contributed by atoms with van der Waals surface area (Å²) in [7, 11) is 0. The maximum Gasteiger partial charge on any atom is 0.433 e. The smallest absolute Gasteiger partial charge is 0.251 e. The van der Waals surface area contributed by atoms with Crippen LogP contribution in [0.3, 0.4) is 0 Å². The van der Waals surface area contributed by atoms with Gasteiger partial charge in [-0.05, 0) is 11.6 Å². The molecule has 114 valence electrons. The van der Waals surface area contributed by atoms with Crippen LogP contribution in [-0.4, -0.2) is 20.4 Å². The average molecular weight is 315 g/mol. The quantitative estimate of drug-likeness (QED) is 0.786. The Balaban J connectivity index is 1.90. The van der Waals surface area contributed by atoms with Gasteiger partial charge in [-0.25, -0.2) is 5.10 Å². The molecule has 3 rings (SSSR count). The summed E-state index contributed by atoms with van der Waals surface area (Å²) in [6, 6.07) is 11.1. The van der Waals surface area contributed by atoms with Crippen LogP contribution in [0, 0.1) is 11.3 Å². The second kappa shape index (κ2) is 5.53. The van der Waals surface area contributed by atoms with Crippen molar-refractivity contribution in [3.63, 3.8) is 0 Å². The lowest BCUT2D eigenvalue weighted by atomic mass is 10.0. The van der Waals surface area contributed by atoms with Crippen molar-refractivity contribution in [1.29, 1.82) is 5.26 Å². The largest absolute Gasteiger partial charge is 0.433 e. The summed E-state index contributed by atoms with van der Waals surface area (Å²) in [4.78, 5) is 3.43. The van der Waals surface area contributed by atoms with Gasteiger partial charge in [0.25, 0.3) is 0 Å². The lowest BCUT2D eigenvalue weighted by molar-refractivity contribution is -0.141. The minimum absolute atomic E-state index is 0.244. The van der Waals surface area contributed by atoms with E-state index >= 15 is 0 Å². The molecule has 0 unspecified atom stereocenters. The highest BCUT2D eigenvalue weighted by molar-refractivity contribution is 5.70. The molecule has 0 radical (unpaired) electrons. The zero-order chi connectivity index (χ0) is 16.4. The Kier molecular flexibility index (Phi) is 3.54. The first-order valence-corrected chi connectivity index (χ1v) is 6.44. The van der Waals surface area contributed by atoms with Gasteiger partial charge < -0.3 is 0 Å². The molecule has 0 bridgehead atoms. The average Bonchev–Trinajstić information content (AvgIpc) is 3.03. The third-order valence-corrected chi connectivity index (χ3v) is 3.21. The van der Waals surface area contributed by atoms with E-state index in [1.165, 1.54) is 12.3 Å². The normalized spacial score (nSPS) is 11.2. The molecule has 23 heavy (non-hydrogen) atoms. The molecule has 5 nitrogen and oxygen atoms in total. The van der Waals surface area contributed by atoms with Gasteiger partial charge in [0.2, 0.25) is 0 Å². The molecule has 1 N–H and O–H groups in total. The number of H-pyrrole nitrogens is 1. The monoisotopic (exact) mass is 315 g/mol. The summed E-state index contributed by atoms with van der Waals surface area (Å²) in [5.41, 5.74) is 1.68. The molecule has 0 fully saturated rings. The Morgan fingerprint density at radius 2 is 1.61 bits per heavy atom. The van der Waals surface area contributed by atoms with E-state index in [0.29, 0.717) is 22.4 Å². The first-order chi connectivity index (χ1) is 11.0. The molecule has 0 atom stereocenters. The van der Waals surface area contributed by atoms with Crippen LogP contribution in [0.25, 0.3) is 22.4 Å². The topological polar surface area (TPSA) is 78.2 Å². The fourth-order valence-electron chi connectivity index (χ4n) is 2.06. The number of nitrogens with one attached hydrogen (secondary N) is 1. The van der Waals surface area contributed by atoms with E-state index in [9.17, 15) is 13.2 Å². The van der Waals surface area contributed by atoms with E-state index in [0.717, 1.165) is 6.07 Å². The second-order valence-electron chi connectivity index (χ2n) is 4.65. The van der Waals surface area contributed by atoms with Gasteiger partial charge in [-0.15, -0.1) is 5.10 Å². The molecule has 0 aliphatic rings. The van der Waals surface area contributed by atoms with Crippen LogP contribution in [0.2, 0.25) is 0 Å². The molecule has 0 saturated heterocycles. The van der Waals surface area contributed by atoms with E-state index in [-0.39, 0.29) is 5.69 Å². The van der Waals surface area contributed by atoms with Crippen molar-refractivity contribution in [3.8, 4) is 28.5 Å². The van der Waals surface area contributed by atoms with E-state index in [4.69, 9.17) is 5.26 Å². The highest BCUT2D eigenvalue weighted by Gasteiger charge is 2.32. The van der Waals surface area contributed by atoms with Crippen LogP contribution in [0.1, 0.15) is 11.4 Å². The van der Waals surface area contributed by atoms with Crippen LogP contribution < -0.4 is 0 Å². The predicted octanol–water partition coefficient (Wildman–Crippen LogP) is 3.42. The fourth-order valence-corrected chi connectivity index (χ4v) is 2.06. The van der Waals surface area contributed by atoms with E-state index in [2.05, 4.69) is 20.4 Å². The Labute approximate surface area is 128 Å². The predicted molar refractivity (Wildman–Crippen MR) is 74.8 cm³/mol. The number of hydrogen-bond donors (Lipinski definition) is 1. The number of benzene rings is 1. The van der Waals surface area contributed by atoms with Gasteiger partial charge >= 0.3 is 6.18 Å². The van der Waals surface area contributed by atoms with Gasteiger partial charge in [-0.1, -0.05) is 35.5 Å². The Morgan fingerprint density at radius 1 is 0.957 bits per heavy atom. The maximum atomic E-state index is 12.5. The first kappa shape index (κ1) is 14.7. The molecule has 0 aliphatic carbocycles. The van der Waals surface area contributed by atoms with Gasteiger partial charge in [0.15, 0.2) is 5.69 Å².